The Bertz CT molecular complexity index is 569. The molecule has 0 amide bonds. The molecule has 20 heavy (non-hydrogen) atoms. The highest BCUT2D eigenvalue weighted by molar-refractivity contribution is 7.89. The smallest absolute Gasteiger partial charge is 0.242 e. The zero-order valence-electron chi connectivity index (χ0n) is 11.5. The molecule has 0 aromatic heterocycles. The van der Waals surface area contributed by atoms with Gasteiger partial charge in [0.25, 0.3) is 0 Å². The molecule has 1 aromatic rings. The van der Waals surface area contributed by atoms with Crippen LogP contribution >= 0.6 is 11.6 Å². The largest absolute Gasteiger partial charge is 0.398 e. The third-order valence-electron chi connectivity index (χ3n) is 3.62. The van der Waals surface area contributed by atoms with Gasteiger partial charge in [0, 0.05) is 11.1 Å². The van der Waals surface area contributed by atoms with Crippen LogP contribution < -0.4 is 10.5 Å². The lowest BCUT2D eigenvalue weighted by Crippen LogP contribution is -2.44. The minimum absolute atomic E-state index is 0.0297. The van der Waals surface area contributed by atoms with Gasteiger partial charge in [0.1, 0.15) is 4.90 Å². The molecule has 3 N–H and O–H groups in total. The molecule has 0 radical (unpaired) electrons. The summed E-state index contributed by atoms with van der Waals surface area (Å²) in [5.74, 6) is 0. The normalized spacial score (nSPS) is 18.3. The maximum atomic E-state index is 12.3. The van der Waals surface area contributed by atoms with Crippen LogP contribution in [0.25, 0.3) is 0 Å². The summed E-state index contributed by atoms with van der Waals surface area (Å²) in [5, 5.41) is 0.428. The number of rotatable bonds is 4. The quantitative estimate of drug-likeness (QED) is 0.829. The van der Waals surface area contributed by atoms with Crippen LogP contribution in [0.2, 0.25) is 5.02 Å². The average Bonchev–Trinajstić information content (AvgIpc) is 2.38. The number of sulfonamides is 1. The van der Waals surface area contributed by atoms with Crippen molar-refractivity contribution in [1.29, 1.82) is 0 Å². The number of hydrogen-bond donors (Lipinski definition) is 2. The SMILES string of the molecule is CCN1CCC(NS(=O)(=O)c2ccc(Cl)cc2N)CC1. The molecule has 0 unspecified atom stereocenters. The molecule has 5 nitrogen and oxygen atoms in total. The predicted octanol–water partition coefficient (Wildman–Crippen LogP) is 1.68. The molecule has 0 spiro atoms. The highest BCUT2D eigenvalue weighted by Crippen LogP contribution is 2.23. The predicted molar refractivity (Wildman–Crippen MR) is 81.3 cm³/mol. The Morgan fingerprint density at radius 1 is 1.40 bits per heavy atom. The lowest BCUT2D eigenvalue weighted by Gasteiger charge is -2.31. The van der Waals surface area contributed by atoms with Gasteiger partial charge in [-0.2, -0.15) is 0 Å². The summed E-state index contributed by atoms with van der Waals surface area (Å²) in [5.41, 5.74) is 5.92. The molecule has 1 aliphatic rings. The van der Waals surface area contributed by atoms with E-state index < -0.39 is 10.0 Å². The van der Waals surface area contributed by atoms with Crippen LogP contribution in [0.3, 0.4) is 0 Å². The van der Waals surface area contributed by atoms with E-state index >= 15 is 0 Å². The van der Waals surface area contributed by atoms with Gasteiger partial charge in [0.15, 0.2) is 0 Å². The van der Waals surface area contributed by atoms with Crippen LogP contribution in [0, 0.1) is 0 Å². The molecule has 1 aromatic carbocycles. The molecule has 0 bridgehead atoms. The number of nitrogen functional groups attached to an aromatic ring is 1. The first-order valence-corrected chi connectivity index (χ1v) is 8.58. The first-order valence-electron chi connectivity index (χ1n) is 6.72. The second-order valence-corrected chi connectivity index (χ2v) is 7.13. The summed E-state index contributed by atoms with van der Waals surface area (Å²) < 4.78 is 27.4. The van der Waals surface area contributed by atoms with E-state index in [-0.39, 0.29) is 16.6 Å². The third kappa shape index (κ3) is 3.63. The molecule has 2 rings (SSSR count). The third-order valence-corrected chi connectivity index (χ3v) is 5.45. The Balaban J connectivity index is 2.08. The van der Waals surface area contributed by atoms with Crippen molar-refractivity contribution < 1.29 is 8.42 Å². The van der Waals surface area contributed by atoms with Gasteiger partial charge < -0.3 is 10.6 Å². The maximum Gasteiger partial charge on any atom is 0.242 e. The first kappa shape index (κ1) is 15.6. The van der Waals surface area contributed by atoms with Gasteiger partial charge >= 0.3 is 0 Å². The van der Waals surface area contributed by atoms with Crippen LogP contribution in [0.4, 0.5) is 5.69 Å². The van der Waals surface area contributed by atoms with Gasteiger partial charge in [-0.3, -0.25) is 0 Å². The minimum atomic E-state index is -3.58. The monoisotopic (exact) mass is 317 g/mol. The second kappa shape index (κ2) is 6.30. The van der Waals surface area contributed by atoms with Gasteiger partial charge in [-0.1, -0.05) is 18.5 Å². The Labute approximate surface area is 125 Å². The topological polar surface area (TPSA) is 75.4 Å². The van der Waals surface area contributed by atoms with E-state index in [4.69, 9.17) is 17.3 Å². The molecule has 7 heteroatoms. The van der Waals surface area contributed by atoms with E-state index in [2.05, 4.69) is 16.5 Å². The van der Waals surface area contributed by atoms with Crippen LogP contribution in [0.1, 0.15) is 19.8 Å². The maximum absolute atomic E-state index is 12.3. The molecule has 0 saturated carbocycles. The van der Waals surface area contributed by atoms with Crippen LogP contribution in [-0.2, 0) is 10.0 Å². The number of halogens is 1. The van der Waals surface area contributed by atoms with Crippen molar-refractivity contribution in [2.75, 3.05) is 25.4 Å². The molecular formula is C13H20ClN3O2S. The van der Waals surface area contributed by atoms with E-state index in [1.807, 2.05) is 0 Å². The Morgan fingerprint density at radius 3 is 2.60 bits per heavy atom. The molecule has 1 aliphatic heterocycles. The van der Waals surface area contributed by atoms with Crippen molar-refractivity contribution >= 4 is 27.3 Å². The standard InChI is InChI=1S/C13H20ClN3O2S/c1-2-17-7-5-11(6-8-17)16-20(18,19)13-4-3-10(14)9-12(13)15/h3-4,9,11,16H,2,5-8,15H2,1H3. The molecule has 1 heterocycles. The fourth-order valence-electron chi connectivity index (χ4n) is 2.41. The van der Waals surface area contributed by atoms with Crippen molar-refractivity contribution in [3.05, 3.63) is 23.2 Å². The zero-order valence-corrected chi connectivity index (χ0v) is 13.0. The molecule has 1 fully saturated rings. The second-order valence-electron chi connectivity index (χ2n) is 5.01. The van der Waals surface area contributed by atoms with E-state index in [1.54, 1.807) is 0 Å². The molecule has 1 saturated heterocycles. The van der Waals surface area contributed by atoms with Crippen molar-refractivity contribution in [3.63, 3.8) is 0 Å². The van der Waals surface area contributed by atoms with E-state index in [0.717, 1.165) is 32.5 Å². The van der Waals surface area contributed by atoms with Crippen molar-refractivity contribution in [3.8, 4) is 0 Å². The Kier molecular flexibility index (Phi) is 4.90. The number of nitrogens with one attached hydrogen (secondary N) is 1. The Hall–Kier alpha value is -0.820. The molecular weight excluding hydrogens is 298 g/mol. The van der Waals surface area contributed by atoms with E-state index in [1.165, 1.54) is 18.2 Å². The average molecular weight is 318 g/mol. The fourth-order valence-corrected chi connectivity index (χ4v) is 4.01. The van der Waals surface area contributed by atoms with Gasteiger partial charge in [-0.25, -0.2) is 13.1 Å². The van der Waals surface area contributed by atoms with Crippen LogP contribution in [0.5, 0.6) is 0 Å². The van der Waals surface area contributed by atoms with Gasteiger partial charge in [0.05, 0.1) is 5.69 Å². The van der Waals surface area contributed by atoms with Gasteiger partial charge in [0.2, 0.25) is 10.0 Å². The number of likely N-dealkylation sites (tertiary alicyclic amines) is 1. The number of nitrogens with zero attached hydrogens (tertiary/aromatic N) is 1. The molecule has 112 valence electrons. The lowest BCUT2D eigenvalue weighted by atomic mass is 10.1. The summed E-state index contributed by atoms with van der Waals surface area (Å²) in [7, 11) is -3.58. The highest BCUT2D eigenvalue weighted by Gasteiger charge is 2.25. The van der Waals surface area contributed by atoms with Crippen LogP contribution in [-0.4, -0.2) is 39.0 Å². The summed E-state index contributed by atoms with van der Waals surface area (Å²) in [4.78, 5) is 2.40. The summed E-state index contributed by atoms with van der Waals surface area (Å²) >= 11 is 5.79. The first-order chi connectivity index (χ1) is 9.42. The number of benzene rings is 1. The van der Waals surface area contributed by atoms with Gasteiger partial charge in [-0.05, 0) is 50.7 Å². The fraction of sp³-hybridized carbons (Fsp3) is 0.538. The highest BCUT2D eigenvalue weighted by atomic mass is 35.5. The molecule has 0 aliphatic carbocycles. The van der Waals surface area contributed by atoms with Gasteiger partial charge in [-0.15, -0.1) is 0 Å². The summed E-state index contributed by atoms with van der Waals surface area (Å²) in [6, 6.07) is 4.40. The summed E-state index contributed by atoms with van der Waals surface area (Å²) in [6.07, 6.45) is 1.64. The van der Waals surface area contributed by atoms with Crippen molar-refractivity contribution in [2.45, 2.75) is 30.7 Å². The lowest BCUT2D eigenvalue weighted by molar-refractivity contribution is 0.217. The minimum Gasteiger partial charge on any atom is -0.398 e. The van der Waals surface area contributed by atoms with E-state index in [0.29, 0.717) is 5.02 Å². The number of nitrogens with two attached hydrogens (primary N) is 1. The Morgan fingerprint density at radius 2 is 2.05 bits per heavy atom. The number of hydrogen-bond acceptors (Lipinski definition) is 4. The van der Waals surface area contributed by atoms with Crippen molar-refractivity contribution in [2.24, 2.45) is 0 Å². The zero-order chi connectivity index (χ0) is 14.8. The van der Waals surface area contributed by atoms with Crippen LogP contribution in [0.15, 0.2) is 23.1 Å². The molecule has 0 atom stereocenters. The summed E-state index contributed by atoms with van der Waals surface area (Å²) in [6.45, 7) is 4.95. The van der Waals surface area contributed by atoms with E-state index in [9.17, 15) is 8.42 Å². The number of anilines is 1. The number of piperidine rings is 1. The van der Waals surface area contributed by atoms with Crippen molar-refractivity contribution in [1.82, 2.24) is 9.62 Å².